The molecule has 0 bridgehead atoms. The van der Waals surface area contributed by atoms with Gasteiger partial charge in [0.05, 0.1) is 13.2 Å². The minimum Gasteiger partial charge on any atom is -0.497 e. The molecule has 2 aromatic carbocycles. The van der Waals surface area contributed by atoms with Gasteiger partial charge in [0.15, 0.2) is 6.10 Å². The Labute approximate surface area is 151 Å². The first-order valence-corrected chi connectivity index (χ1v) is 8.69. The van der Waals surface area contributed by atoms with Gasteiger partial charge in [0.1, 0.15) is 11.5 Å². The summed E-state index contributed by atoms with van der Waals surface area (Å²) < 4.78 is 11.8. The molecule has 0 heterocycles. The van der Waals surface area contributed by atoms with E-state index < -0.39 is 6.10 Å². The Bertz CT molecular complexity index is 655. The van der Waals surface area contributed by atoms with E-state index in [1.54, 1.807) is 14.0 Å². The SMILES string of the molecule is CC[C@@H](NC(=O)[C@H](C)Oc1ccc(Br)cc1)c1ccc(OC)cc1. The quantitative estimate of drug-likeness (QED) is 0.755. The highest BCUT2D eigenvalue weighted by molar-refractivity contribution is 9.10. The Hall–Kier alpha value is -2.01. The standard InChI is InChI=1S/C19H22BrNO3/c1-4-18(14-5-9-16(23-3)10-6-14)21-19(22)13(2)24-17-11-7-15(20)8-12-17/h5-13,18H,4H2,1-3H3,(H,21,22)/t13-,18+/m0/s1. The summed E-state index contributed by atoms with van der Waals surface area (Å²) in [6, 6.07) is 15.1. The van der Waals surface area contributed by atoms with Crippen molar-refractivity contribution in [1.82, 2.24) is 5.32 Å². The predicted molar refractivity (Wildman–Crippen MR) is 98.4 cm³/mol. The number of nitrogens with one attached hydrogen (secondary N) is 1. The van der Waals surface area contributed by atoms with Crippen LogP contribution < -0.4 is 14.8 Å². The summed E-state index contributed by atoms with van der Waals surface area (Å²) in [5.41, 5.74) is 1.04. The fourth-order valence-electron chi connectivity index (χ4n) is 2.32. The first-order valence-electron chi connectivity index (χ1n) is 7.90. The highest BCUT2D eigenvalue weighted by Crippen LogP contribution is 2.21. The minimum atomic E-state index is -0.571. The van der Waals surface area contributed by atoms with Crippen LogP contribution in [0, 0.1) is 0 Å². The third-order valence-electron chi connectivity index (χ3n) is 3.74. The smallest absolute Gasteiger partial charge is 0.261 e. The largest absolute Gasteiger partial charge is 0.497 e. The van der Waals surface area contributed by atoms with Crippen LogP contribution in [0.3, 0.4) is 0 Å². The van der Waals surface area contributed by atoms with E-state index in [0.29, 0.717) is 5.75 Å². The number of hydrogen-bond donors (Lipinski definition) is 1. The molecule has 1 N–H and O–H groups in total. The highest BCUT2D eigenvalue weighted by Gasteiger charge is 2.19. The molecule has 2 aromatic rings. The zero-order chi connectivity index (χ0) is 17.5. The van der Waals surface area contributed by atoms with Crippen LogP contribution in [0.25, 0.3) is 0 Å². The van der Waals surface area contributed by atoms with Gasteiger partial charge >= 0.3 is 0 Å². The molecule has 0 aliphatic carbocycles. The number of methoxy groups -OCH3 is 1. The second kappa shape index (κ2) is 8.73. The fourth-order valence-corrected chi connectivity index (χ4v) is 2.58. The molecule has 5 heteroatoms. The number of rotatable bonds is 7. The van der Waals surface area contributed by atoms with Crippen molar-refractivity contribution >= 4 is 21.8 Å². The van der Waals surface area contributed by atoms with Crippen LogP contribution in [0.15, 0.2) is 53.0 Å². The molecule has 128 valence electrons. The van der Waals surface area contributed by atoms with Crippen molar-refractivity contribution in [3.63, 3.8) is 0 Å². The lowest BCUT2D eigenvalue weighted by Gasteiger charge is -2.21. The number of hydrogen-bond acceptors (Lipinski definition) is 3. The van der Waals surface area contributed by atoms with E-state index in [1.165, 1.54) is 0 Å². The number of carbonyl (C=O) groups is 1. The number of benzene rings is 2. The minimum absolute atomic E-state index is 0.0561. The van der Waals surface area contributed by atoms with Gasteiger partial charge < -0.3 is 14.8 Å². The Morgan fingerprint density at radius 2 is 1.67 bits per heavy atom. The van der Waals surface area contributed by atoms with Crippen LogP contribution in [0.4, 0.5) is 0 Å². The molecule has 0 aliphatic rings. The lowest BCUT2D eigenvalue weighted by atomic mass is 10.0. The fraction of sp³-hybridized carbons (Fsp3) is 0.316. The van der Waals surface area contributed by atoms with Crippen molar-refractivity contribution in [2.45, 2.75) is 32.4 Å². The van der Waals surface area contributed by atoms with Crippen molar-refractivity contribution in [2.75, 3.05) is 7.11 Å². The lowest BCUT2D eigenvalue weighted by Crippen LogP contribution is -2.38. The summed E-state index contributed by atoms with van der Waals surface area (Å²) in [5.74, 6) is 1.32. The van der Waals surface area contributed by atoms with Crippen LogP contribution >= 0.6 is 15.9 Å². The number of ether oxygens (including phenoxy) is 2. The summed E-state index contributed by atoms with van der Waals surface area (Å²) >= 11 is 3.37. The van der Waals surface area contributed by atoms with Gasteiger partial charge in [0.25, 0.3) is 5.91 Å². The van der Waals surface area contributed by atoms with Gasteiger partial charge in [0.2, 0.25) is 0 Å². The Morgan fingerprint density at radius 1 is 1.08 bits per heavy atom. The average Bonchev–Trinajstić information content (AvgIpc) is 2.61. The molecule has 0 aliphatic heterocycles. The summed E-state index contributed by atoms with van der Waals surface area (Å²) in [4.78, 5) is 12.4. The molecule has 0 aromatic heterocycles. The molecular weight excluding hydrogens is 370 g/mol. The van der Waals surface area contributed by atoms with Gasteiger partial charge in [-0.05, 0) is 55.3 Å². The Morgan fingerprint density at radius 3 is 2.21 bits per heavy atom. The molecule has 1 amide bonds. The topological polar surface area (TPSA) is 47.6 Å². The summed E-state index contributed by atoms with van der Waals surface area (Å²) in [5, 5.41) is 3.04. The van der Waals surface area contributed by atoms with Gasteiger partial charge in [-0.1, -0.05) is 35.0 Å². The van der Waals surface area contributed by atoms with Gasteiger partial charge in [0, 0.05) is 4.47 Å². The van der Waals surface area contributed by atoms with E-state index in [2.05, 4.69) is 21.2 Å². The maximum absolute atomic E-state index is 12.4. The van der Waals surface area contributed by atoms with Crippen LogP contribution in [0.1, 0.15) is 31.9 Å². The normalized spacial score (nSPS) is 13.0. The molecule has 0 unspecified atom stereocenters. The maximum atomic E-state index is 12.4. The Kier molecular flexibility index (Phi) is 6.67. The number of carbonyl (C=O) groups excluding carboxylic acids is 1. The monoisotopic (exact) mass is 391 g/mol. The molecule has 0 saturated carbocycles. The second-order valence-corrected chi connectivity index (χ2v) is 6.37. The first kappa shape index (κ1) is 18.3. The van der Waals surface area contributed by atoms with Gasteiger partial charge in [-0.2, -0.15) is 0 Å². The summed E-state index contributed by atoms with van der Waals surface area (Å²) in [7, 11) is 1.63. The summed E-state index contributed by atoms with van der Waals surface area (Å²) in [6.07, 6.45) is 0.224. The van der Waals surface area contributed by atoms with Crippen LogP contribution in [-0.4, -0.2) is 19.1 Å². The third kappa shape index (κ3) is 4.99. The predicted octanol–water partition coefficient (Wildman–Crippen LogP) is 4.49. The van der Waals surface area contributed by atoms with Crippen LogP contribution in [-0.2, 0) is 4.79 Å². The second-order valence-electron chi connectivity index (χ2n) is 5.46. The van der Waals surface area contributed by atoms with E-state index in [-0.39, 0.29) is 11.9 Å². The molecule has 0 saturated heterocycles. The van der Waals surface area contributed by atoms with E-state index >= 15 is 0 Å². The molecule has 2 atom stereocenters. The van der Waals surface area contributed by atoms with E-state index in [4.69, 9.17) is 9.47 Å². The van der Waals surface area contributed by atoms with Crippen LogP contribution in [0.5, 0.6) is 11.5 Å². The van der Waals surface area contributed by atoms with E-state index in [0.717, 1.165) is 22.2 Å². The first-order chi connectivity index (χ1) is 11.5. The molecule has 0 spiro atoms. The molecule has 0 fully saturated rings. The van der Waals surface area contributed by atoms with Crippen molar-refractivity contribution in [3.8, 4) is 11.5 Å². The van der Waals surface area contributed by atoms with Crippen molar-refractivity contribution in [3.05, 3.63) is 58.6 Å². The van der Waals surface area contributed by atoms with Gasteiger partial charge in [-0.25, -0.2) is 0 Å². The highest BCUT2D eigenvalue weighted by atomic mass is 79.9. The molecule has 4 nitrogen and oxygen atoms in total. The Balaban J connectivity index is 1.98. The molecular formula is C19H22BrNO3. The van der Waals surface area contributed by atoms with E-state index in [9.17, 15) is 4.79 Å². The molecule has 24 heavy (non-hydrogen) atoms. The number of amides is 1. The van der Waals surface area contributed by atoms with Crippen molar-refractivity contribution < 1.29 is 14.3 Å². The molecule has 0 radical (unpaired) electrons. The lowest BCUT2D eigenvalue weighted by molar-refractivity contribution is -0.128. The van der Waals surface area contributed by atoms with Gasteiger partial charge in [-0.15, -0.1) is 0 Å². The van der Waals surface area contributed by atoms with E-state index in [1.807, 2.05) is 55.5 Å². The van der Waals surface area contributed by atoms with Gasteiger partial charge in [-0.3, -0.25) is 4.79 Å². The van der Waals surface area contributed by atoms with Crippen molar-refractivity contribution in [2.24, 2.45) is 0 Å². The third-order valence-corrected chi connectivity index (χ3v) is 4.27. The maximum Gasteiger partial charge on any atom is 0.261 e. The van der Waals surface area contributed by atoms with Crippen molar-refractivity contribution in [1.29, 1.82) is 0 Å². The zero-order valence-corrected chi connectivity index (χ0v) is 15.7. The van der Waals surface area contributed by atoms with Crippen LogP contribution in [0.2, 0.25) is 0 Å². The zero-order valence-electron chi connectivity index (χ0n) is 14.1. The number of halogens is 1. The molecule has 2 rings (SSSR count). The summed E-state index contributed by atoms with van der Waals surface area (Å²) in [6.45, 7) is 3.79. The average molecular weight is 392 g/mol.